The third kappa shape index (κ3) is 10.1. The molecule has 0 aliphatic carbocycles. The van der Waals surface area contributed by atoms with Crippen LogP contribution >= 0.6 is 0 Å². The molecule has 0 bridgehead atoms. The van der Waals surface area contributed by atoms with Crippen LogP contribution in [0.5, 0.6) is 0 Å². The Hall–Kier alpha value is -0.830. The molecule has 1 aliphatic rings. The van der Waals surface area contributed by atoms with Crippen LogP contribution in [0.4, 0.5) is 0 Å². The number of carbonyl (C=O) groups excluding carboxylic acids is 1. The van der Waals surface area contributed by atoms with Crippen LogP contribution < -0.4 is 0 Å². The summed E-state index contributed by atoms with van der Waals surface area (Å²) in [5.41, 5.74) is 0. The van der Waals surface area contributed by atoms with Gasteiger partial charge in [0.2, 0.25) is 0 Å². The van der Waals surface area contributed by atoms with Crippen molar-refractivity contribution in [2.24, 2.45) is 0 Å². The van der Waals surface area contributed by atoms with Crippen LogP contribution in [0.15, 0.2) is 12.2 Å². The fourth-order valence-corrected chi connectivity index (χ4v) is 4.32. The highest BCUT2D eigenvalue weighted by Gasteiger charge is 2.58. The van der Waals surface area contributed by atoms with Crippen molar-refractivity contribution < 1.29 is 34.7 Å². The standard InChI is InChI=1S/C26H48O7/c1-3-5-6-7-8-9-10-11-12-13-14-15-16-17-18-19-22(28)26(32-4-2)25(31)24(30)23(29)21(20-27)33-26/h11-12,21,23-25,27,29-31H,3-10,13-20H2,1-2H3/t21-,23-,24+,25-,26?/m1/s1. The van der Waals surface area contributed by atoms with Crippen molar-refractivity contribution in [3.8, 4) is 0 Å². The highest BCUT2D eigenvalue weighted by atomic mass is 16.7. The third-order valence-corrected chi connectivity index (χ3v) is 6.36. The first-order valence-electron chi connectivity index (χ1n) is 13.1. The Bertz CT molecular complexity index is 537. The molecule has 0 spiro atoms. The summed E-state index contributed by atoms with van der Waals surface area (Å²) in [5.74, 6) is -2.53. The van der Waals surface area contributed by atoms with E-state index in [-0.39, 0.29) is 13.0 Å². The lowest BCUT2D eigenvalue weighted by molar-refractivity contribution is -0.344. The average Bonchev–Trinajstić information content (AvgIpc) is 2.81. The molecule has 0 aromatic carbocycles. The van der Waals surface area contributed by atoms with Crippen LogP contribution in [0, 0.1) is 0 Å². The van der Waals surface area contributed by atoms with E-state index in [9.17, 15) is 25.2 Å². The molecule has 0 radical (unpaired) electrons. The van der Waals surface area contributed by atoms with E-state index in [2.05, 4.69) is 19.1 Å². The second-order valence-corrected chi connectivity index (χ2v) is 9.12. The Kier molecular flexibility index (Phi) is 16.1. The second kappa shape index (κ2) is 17.6. The van der Waals surface area contributed by atoms with Crippen molar-refractivity contribution in [3.63, 3.8) is 0 Å². The zero-order valence-electron chi connectivity index (χ0n) is 20.8. The minimum atomic E-state index is -2.05. The number of ether oxygens (including phenoxy) is 2. The van der Waals surface area contributed by atoms with E-state index in [4.69, 9.17) is 9.47 Å². The molecule has 1 rings (SSSR count). The molecule has 1 heterocycles. The summed E-state index contributed by atoms with van der Waals surface area (Å²) < 4.78 is 11.0. The SMILES string of the molecule is CCCCCCCCC=CCCCCCCCC(=O)C1(OCC)O[C@H](CO)[C@@H](O)[C@H](O)[C@H]1O. The monoisotopic (exact) mass is 472 g/mol. The topological polar surface area (TPSA) is 116 Å². The largest absolute Gasteiger partial charge is 0.394 e. The maximum Gasteiger partial charge on any atom is 0.258 e. The summed E-state index contributed by atoms with van der Waals surface area (Å²) in [4.78, 5) is 12.9. The summed E-state index contributed by atoms with van der Waals surface area (Å²) in [6, 6.07) is 0. The molecule has 33 heavy (non-hydrogen) atoms. The third-order valence-electron chi connectivity index (χ3n) is 6.36. The Morgan fingerprint density at radius 1 is 0.848 bits per heavy atom. The molecule has 1 fully saturated rings. The Morgan fingerprint density at radius 2 is 1.39 bits per heavy atom. The van der Waals surface area contributed by atoms with Gasteiger partial charge in [-0.25, -0.2) is 0 Å². The van der Waals surface area contributed by atoms with Crippen LogP contribution in [-0.2, 0) is 14.3 Å². The van der Waals surface area contributed by atoms with Crippen molar-refractivity contribution in [2.45, 2.75) is 134 Å². The van der Waals surface area contributed by atoms with Gasteiger partial charge in [-0.15, -0.1) is 0 Å². The van der Waals surface area contributed by atoms with Crippen molar-refractivity contribution >= 4 is 5.78 Å². The number of rotatable bonds is 19. The van der Waals surface area contributed by atoms with Crippen LogP contribution in [0.1, 0.15) is 104 Å². The van der Waals surface area contributed by atoms with Crippen LogP contribution in [-0.4, -0.2) is 69.6 Å². The predicted octanol–water partition coefficient (Wildman–Crippen LogP) is 3.80. The number of aliphatic hydroxyl groups is 4. The van der Waals surface area contributed by atoms with Gasteiger partial charge in [-0.1, -0.05) is 70.4 Å². The molecule has 0 amide bonds. The molecule has 7 nitrogen and oxygen atoms in total. The molecule has 4 N–H and O–H groups in total. The number of carbonyl (C=O) groups is 1. The molecule has 5 atom stereocenters. The molecule has 194 valence electrons. The van der Waals surface area contributed by atoms with Gasteiger partial charge in [0.1, 0.15) is 24.4 Å². The summed E-state index contributed by atoms with van der Waals surface area (Å²) in [5, 5.41) is 39.9. The van der Waals surface area contributed by atoms with E-state index >= 15 is 0 Å². The zero-order valence-corrected chi connectivity index (χ0v) is 20.8. The number of Topliss-reactive ketones (excluding diaryl/α,β-unsaturated/α-hetero) is 1. The molecule has 0 saturated carbocycles. The quantitative estimate of drug-likeness (QED) is 0.167. The lowest BCUT2D eigenvalue weighted by Crippen LogP contribution is -2.69. The first-order valence-corrected chi connectivity index (χ1v) is 13.1. The van der Waals surface area contributed by atoms with E-state index in [1.165, 1.54) is 44.9 Å². The van der Waals surface area contributed by atoms with E-state index in [0.717, 1.165) is 32.1 Å². The number of aliphatic hydroxyl groups excluding tert-OH is 4. The van der Waals surface area contributed by atoms with Crippen LogP contribution in [0.2, 0.25) is 0 Å². The maximum absolute atomic E-state index is 12.9. The fourth-order valence-electron chi connectivity index (χ4n) is 4.32. The van der Waals surface area contributed by atoms with Crippen molar-refractivity contribution in [1.82, 2.24) is 0 Å². The summed E-state index contributed by atoms with van der Waals surface area (Å²) in [6.45, 7) is 3.37. The van der Waals surface area contributed by atoms with Gasteiger partial charge in [0.25, 0.3) is 5.79 Å². The summed E-state index contributed by atoms with van der Waals surface area (Å²) in [7, 11) is 0. The van der Waals surface area contributed by atoms with Crippen molar-refractivity contribution in [3.05, 3.63) is 12.2 Å². The van der Waals surface area contributed by atoms with E-state index in [1.54, 1.807) is 6.92 Å². The highest BCUT2D eigenvalue weighted by Crippen LogP contribution is 2.33. The fraction of sp³-hybridized carbons (Fsp3) is 0.885. The van der Waals surface area contributed by atoms with Gasteiger partial charge >= 0.3 is 0 Å². The number of hydrogen-bond acceptors (Lipinski definition) is 7. The zero-order chi connectivity index (χ0) is 24.5. The molecule has 0 aromatic rings. The average molecular weight is 473 g/mol. The highest BCUT2D eigenvalue weighted by molar-refractivity contribution is 5.87. The van der Waals surface area contributed by atoms with Gasteiger partial charge in [-0.05, 0) is 39.0 Å². The van der Waals surface area contributed by atoms with Crippen molar-refractivity contribution in [1.29, 1.82) is 0 Å². The molecule has 1 aliphatic heterocycles. The molecular formula is C26H48O7. The Morgan fingerprint density at radius 3 is 1.94 bits per heavy atom. The first kappa shape index (κ1) is 30.2. The number of hydrogen-bond donors (Lipinski definition) is 4. The normalized spacial score (nSPS) is 27.9. The van der Waals surface area contributed by atoms with Crippen LogP contribution in [0.3, 0.4) is 0 Å². The van der Waals surface area contributed by atoms with Gasteiger partial charge in [-0.3, -0.25) is 4.79 Å². The minimum Gasteiger partial charge on any atom is -0.394 e. The maximum atomic E-state index is 12.9. The number of allylic oxidation sites excluding steroid dienone is 2. The predicted molar refractivity (Wildman–Crippen MR) is 129 cm³/mol. The number of ketones is 1. The summed E-state index contributed by atoms with van der Waals surface area (Å²) in [6.07, 6.45) is 13.6. The molecule has 0 aromatic heterocycles. The van der Waals surface area contributed by atoms with Gasteiger partial charge in [0.05, 0.1) is 6.61 Å². The number of unbranched alkanes of at least 4 members (excludes halogenated alkanes) is 11. The van der Waals surface area contributed by atoms with E-state index < -0.39 is 42.6 Å². The Balaban J connectivity index is 2.24. The van der Waals surface area contributed by atoms with Gasteiger partial charge in [-0.2, -0.15) is 0 Å². The molecule has 1 saturated heterocycles. The first-order chi connectivity index (χ1) is 15.9. The van der Waals surface area contributed by atoms with E-state index in [1.807, 2.05) is 0 Å². The smallest absolute Gasteiger partial charge is 0.258 e. The van der Waals surface area contributed by atoms with Crippen LogP contribution in [0.25, 0.3) is 0 Å². The lowest BCUT2D eigenvalue weighted by atomic mass is 9.88. The summed E-state index contributed by atoms with van der Waals surface area (Å²) >= 11 is 0. The molecular weight excluding hydrogens is 424 g/mol. The minimum absolute atomic E-state index is 0.0795. The molecule has 1 unspecified atom stereocenters. The van der Waals surface area contributed by atoms with Gasteiger partial charge in [0.15, 0.2) is 5.78 Å². The van der Waals surface area contributed by atoms with Gasteiger partial charge in [0, 0.05) is 13.0 Å². The van der Waals surface area contributed by atoms with Gasteiger partial charge < -0.3 is 29.9 Å². The second-order valence-electron chi connectivity index (χ2n) is 9.12. The lowest BCUT2D eigenvalue weighted by Gasteiger charge is -2.46. The Labute approximate surface area is 200 Å². The van der Waals surface area contributed by atoms with Crippen molar-refractivity contribution in [2.75, 3.05) is 13.2 Å². The van der Waals surface area contributed by atoms with E-state index in [0.29, 0.717) is 6.42 Å². The molecule has 7 heteroatoms.